The molecule has 0 radical (unpaired) electrons. The third kappa shape index (κ3) is 3.31. The normalized spacial score (nSPS) is 40.4. The summed E-state index contributed by atoms with van der Waals surface area (Å²) < 4.78 is 0. The van der Waals surface area contributed by atoms with Crippen LogP contribution in [0.2, 0.25) is 0 Å². The topological polar surface area (TPSA) is 44.3 Å². The van der Waals surface area contributed by atoms with Crippen molar-refractivity contribution >= 4 is 12.4 Å². The molecule has 1 saturated carbocycles. The van der Waals surface area contributed by atoms with Gasteiger partial charge < -0.3 is 15.7 Å². The number of β-amino-alcohol motifs (C(OH)–C–C–N with tert-alkyl or cyclic N) is 1. The summed E-state index contributed by atoms with van der Waals surface area (Å²) in [5, 5.41) is 16.4. The molecule has 0 aromatic rings. The lowest BCUT2D eigenvalue weighted by Gasteiger charge is -2.21. The molecule has 15 heavy (non-hydrogen) atoms. The fourth-order valence-corrected chi connectivity index (χ4v) is 2.68. The highest BCUT2D eigenvalue weighted by molar-refractivity contribution is 5.85. The molecule has 0 aromatic carbocycles. The zero-order valence-electron chi connectivity index (χ0n) is 9.41. The largest absolute Gasteiger partial charge is 0.391 e. The molecule has 2 rings (SSSR count). The SMILES string of the molecule is CC1CCCC1NCC1CNCC1O.Cl. The minimum absolute atomic E-state index is 0. The molecular formula is C11H23ClN2O. The molecule has 1 aliphatic carbocycles. The number of rotatable bonds is 3. The van der Waals surface area contributed by atoms with E-state index >= 15 is 0 Å². The highest BCUT2D eigenvalue weighted by Crippen LogP contribution is 2.25. The van der Waals surface area contributed by atoms with Crippen LogP contribution in [0.15, 0.2) is 0 Å². The van der Waals surface area contributed by atoms with Crippen LogP contribution in [-0.2, 0) is 0 Å². The Morgan fingerprint density at radius 2 is 2.13 bits per heavy atom. The molecular weight excluding hydrogens is 212 g/mol. The molecule has 0 spiro atoms. The van der Waals surface area contributed by atoms with Crippen molar-refractivity contribution in [1.82, 2.24) is 10.6 Å². The van der Waals surface area contributed by atoms with E-state index in [-0.39, 0.29) is 18.5 Å². The van der Waals surface area contributed by atoms with E-state index in [4.69, 9.17) is 0 Å². The van der Waals surface area contributed by atoms with Gasteiger partial charge in [-0.2, -0.15) is 0 Å². The highest BCUT2D eigenvalue weighted by Gasteiger charge is 2.28. The lowest BCUT2D eigenvalue weighted by molar-refractivity contribution is 0.143. The quantitative estimate of drug-likeness (QED) is 0.676. The first-order valence-corrected chi connectivity index (χ1v) is 5.89. The molecule has 2 fully saturated rings. The Hall–Kier alpha value is 0.170. The van der Waals surface area contributed by atoms with E-state index in [0.29, 0.717) is 12.0 Å². The zero-order chi connectivity index (χ0) is 9.97. The van der Waals surface area contributed by atoms with Gasteiger partial charge in [-0.3, -0.25) is 0 Å². The van der Waals surface area contributed by atoms with Gasteiger partial charge in [-0.05, 0) is 18.8 Å². The van der Waals surface area contributed by atoms with Crippen LogP contribution in [0.3, 0.4) is 0 Å². The van der Waals surface area contributed by atoms with Crippen molar-refractivity contribution in [2.75, 3.05) is 19.6 Å². The van der Waals surface area contributed by atoms with Crippen LogP contribution in [-0.4, -0.2) is 36.9 Å². The van der Waals surface area contributed by atoms with Crippen molar-refractivity contribution in [3.05, 3.63) is 0 Å². The number of nitrogens with one attached hydrogen (secondary N) is 2. The van der Waals surface area contributed by atoms with Crippen LogP contribution in [0.5, 0.6) is 0 Å². The predicted molar refractivity (Wildman–Crippen MR) is 64.4 cm³/mol. The summed E-state index contributed by atoms with van der Waals surface area (Å²) in [6.07, 6.45) is 3.91. The Balaban J connectivity index is 0.00000112. The van der Waals surface area contributed by atoms with E-state index in [0.717, 1.165) is 25.6 Å². The van der Waals surface area contributed by atoms with Gasteiger partial charge in [0.25, 0.3) is 0 Å². The molecule has 0 bridgehead atoms. The van der Waals surface area contributed by atoms with E-state index < -0.39 is 0 Å². The van der Waals surface area contributed by atoms with Gasteiger partial charge in [-0.15, -0.1) is 12.4 Å². The molecule has 4 atom stereocenters. The second-order valence-electron chi connectivity index (χ2n) is 4.91. The van der Waals surface area contributed by atoms with Gasteiger partial charge >= 0.3 is 0 Å². The van der Waals surface area contributed by atoms with Gasteiger partial charge in [0.1, 0.15) is 0 Å². The van der Waals surface area contributed by atoms with Gasteiger partial charge in [-0.1, -0.05) is 13.3 Å². The van der Waals surface area contributed by atoms with E-state index in [1.54, 1.807) is 0 Å². The van der Waals surface area contributed by atoms with E-state index in [2.05, 4.69) is 17.6 Å². The number of aliphatic hydroxyl groups excluding tert-OH is 1. The lowest BCUT2D eigenvalue weighted by Crippen LogP contribution is -2.38. The van der Waals surface area contributed by atoms with E-state index in [9.17, 15) is 5.11 Å². The second kappa shape index (κ2) is 6.04. The van der Waals surface area contributed by atoms with Gasteiger partial charge in [-0.25, -0.2) is 0 Å². The Kier molecular flexibility index (Phi) is 5.33. The molecule has 4 unspecified atom stereocenters. The summed E-state index contributed by atoms with van der Waals surface area (Å²) in [6, 6.07) is 0.697. The third-order valence-electron chi connectivity index (χ3n) is 3.81. The molecule has 1 heterocycles. The summed E-state index contributed by atoms with van der Waals surface area (Å²) in [4.78, 5) is 0. The lowest BCUT2D eigenvalue weighted by atomic mass is 10.0. The second-order valence-corrected chi connectivity index (χ2v) is 4.91. The third-order valence-corrected chi connectivity index (χ3v) is 3.81. The van der Waals surface area contributed by atoms with Crippen molar-refractivity contribution in [2.45, 2.75) is 38.3 Å². The van der Waals surface area contributed by atoms with Gasteiger partial charge in [0.2, 0.25) is 0 Å². The molecule has 1 saturated heterocycles. The maximum absolute atomic E-state index is 9.63. The van der Waals surface area contributed by atoms with Gasteiger partial charge in [0, 0.05) is 31.6 Å². The van der Waals surface area contributed by atoms with Crippen LogP contribution in [0.25, 0.3) is 0 Å². The first-order chi connectivity index (χ1) is 6.77. The van der Waals surface area contributed by atoms with Crippen molar-refractivity contribution in [1.29, 1.82) is 0 Å². The molecule has 0 aromatic heterocycles. The number of hydrogen-bond acceptors (Lipinski definition) is 3. The number of halogens is 1. The number of hydrogen-bond donors (Lipinski definition) is 3. The van der Waals surface area contributed by atoms with E-state index in [1.165, 1.54) is 19.3 Å². The Morgan fingerprint density at radius 1 is 1.33 bits per heavy atom. The standard InChI is InChI=1S/C11H22N2O.ClH/c1-8-3-2-4-10(8)13-6-9-5-12-7-11(9)14;/h8-14H,2-7H2,1H3;1H. The molecule has 3 N–H and O–H groups in total. The summed E-state index contributed by atoms with van der Waals surface area (Å²) >= 11 is 0. The van der Waals surface area contributed by atoms with Crippen LogP contribution in [0.1, 0.15) is 26.2 Å². The molecule has 4 heteroatoms. The summed E-state index contributed by atoms with van der Waals surface area (Å²) in [5.41, 5.74) is 0. The molecule has 3 nitrogen and oxygen atoms in total. The van der Waals surface area contributed by atoms with Crippen LogP contribution in [0, 0.1) is 11.8 Å². The molecule has 2 aliphatic rings. The summed E-state index contributed by atoms with van der Waals surface area (Å²) in [5.74, 6) is 1.24. The van der Waals surface area contributed by atoms with Crippen molar-refractivity contribution in [3.8, 4) is 0 Å². The first-order valence-electron chi connectivity index (χ1n) is 5.89. The Morgan fingerprint density at radius 3 is 2.67 bits per heavy atom. The summed E-state index contributed by atoms with van der Waals surface area (Å²) in [6.45, 7) is 5.04. The average Bonchev–Trinajstić information content (AvgIpc) is 2.72. The Labute approximate surface area is 98.4 Å². The fraction of sp³-hybridized carbons (Fsp3) is 1.00. The monoisotopic (exact) mass is 234 g/mol. The van der Waals surface area contributed by atoms with Crippen LogP contribution < -0.4 is 10.6 Å². The smallest absolute Gasteiger partial charge is 0.0716 e. The molecule has 0 amide bonds. The van der Waals surface area contributed by atoms with Crippen molar-refractivity contribution < 1.29 is 5.11 Å². The van der Waals surface area contributed by atoms with Crippen molar-refractivity contribution in [3.63, 3.8) is 0 Å². The minimum atomic E-state index is -0.140. The van der Waals surface area contributed by atoms with Crippen LogP contribution >= 0.6 is 12.4 Å². The summed E-state index contributed by atoms with van der Waals surface area (Å²) in [7, 11) is 0. The Bertz CT molecular complexity index is 171. The van der Waals surface area contributed by atoms with E-state index in [1.807, 2.05) is 0 Å². The van der Waals surface area contributed by atoms with Gasteiger partial charge in [0.05, 0.1) is 6.10 Å². The number of aliphatic hydroxyl groups is 1. The average molecular weight is 235 g/mol. The van der Waals surface area contributed by atoms with Crippen LogP contribution in [0.4, 0.5) is 0 Å². The zero-order valence-corrected chi connectivity index (χ0v) is 10.2. The van der Waals surface area contributed by atoms with Crippen molar-refractivity contribution in [2.24, 2.45) is 11.8 Å². The van der Waals surface area contributed by atoms with Gasteiger partial charge in [0.15, 0.2) is 0 Å². The fourth-order valence-electron chi connectivity index (χ4n) is 2.68. The predicted octanol–water partition coefficient (Wildman–Crippen LogP) is 0.767. The minimum Gasteiger partial charge on any atom is -0.391 e. The maximum Gasteiger partial charge on any atom is 0.0716 e. The molecule has 90 valence electrons. The highest BCUT2D eigenvalue weighted by atomic mass is 35.5. The first kappa shape index (κ1) is 13.2. The maximum atomic E-state index is 9.63. The molecule has 1 aliphatic heterocycles.